The number of nitrogens with one attached hydrogen (secondary N) is 1. The second-order valence-electron chi connectivity index (χ2n) is 6.91. The highest BCUT2D eigenvalue weighted by Crippen LogP contribution is 2.41. The molecule has 20 heavy (non-hydrogen) atoms. The largest absolute Gasteiger partial charge is 0.312 e. The SMILES string of the molecule is Cc1ccc2c(c1)C(N1CCCC1C1CCCN1)CC2. The maximum Gasteiger partial charge on any atom is 0.0357 e. The molecular formula is C18H26N2. The van der Waals surface area contributed by atoms with Crippen molar-refractivity contribution in [2.75, 3.05) is 13.1 Å². The van der Waals surface area contributed by atoms with Crippen LogP contribution in [0.1, 0.15) is 54.8 Å². The summed E-state index contributed by atoms with van der Waals surface area (Å²) in [6.45, 7) is 4.77. The van der Waals surface area contributed by atoms with Crippen molar-refractivity contribution in [1.82, 2.24) is 10.2 Å². The molecule has 3 atom stereocenters. The lowest BCUT2D eigenvalue weighted by atomic mass is 10.00. The van der Waals surface area contributed by atoms with Gasteiger partial charge in [-0.2, -0.15) is 0 Å². The van der Waals surface area contributed by atoms with Crippen molar-refractivity contribution >= 4 is 0 Å². The molecule has 2 aliphatic heterocycles. The van der Waals surface area contributed by atoms with Gasteiger partial charge in [-0.05, 0) is 69.7 Å². The Balaban J connectivity index is 1.60. The molecule has 2 fully saturated rings. The number of likely N-dealkylation sites (tertiary alicyclic amines) is 1. The summed E-state index contributed by atoms with van der Waals surface area (Å²) in [5, 5.41) is 3.75. The van der Waals surface area contributed by atoms with Gasteiger partial charge in [-0.25, -0.2) is 0 Å². The predicted molar refractivity (Wildman–Crippen MR) is 83.0 cm³/mol. The lowest BCUT2D eigenvalue weighted by molar-refractivity contribution is 0.152. The first kappa shape index (κ1) is 12.8. The van der Waals surface area contributed by atoms with Crippen LogP contribution in [0.15, 0.2) is 18.2 Å². The summed E-state index contributed by atoms with van der Waals surface area (Å²) in [6.07, 6.45) is 8.16. The summed E-state index contributed by atoms with van der Waals surface area (Å²) in [5.74, 6) is 0. The van der Waals surface area contributed by atoms with E-state index in [1.807, 2.05) is 0 Å². The van der Waals surface area contributed by atoms with Crippen molar-refractivity contribution in [3.05, 3.63) is 34.9 Å². The topological polar surface area (TPSA) is 15.3 Å². The molecule has 0 bridgehead atoms. The van der Waals surface area contributed by atoms with Gasteiger partial charge in [0.15, 0.2) is 0 Å². The van der Waals surface area contributed by atoms with Gasteiger partial charge in [-0.1, -0.05) is 23.8 Å². The average Bonchev–Trinajstić information content (AvgIpc) is 3.17. The number of hydrogen-bond acceptors (Lipinski definition) is 2. The van der Waals surface area contributed by atoms with E-state index in [1.165, 1.54) is 57.2 Å². The molecule has 1 aromatic carbocycles. The molecule has 2 heterocycles. The first-order chi connectivity index (χ1) is 9.83. The van der Waals surface area contributed by atoms with Gasteiger partial charge >= 0.3 is 0 Å². The van der Waals surface area contributed by atoms with E-state index < -0.39 is 0 Å². The molecule has 0 saturated carbocycles. The molecule has 2 saturated heterocycles. The normalized spacial score (nSPS) is 33.8. The molecule has 1 aliphatic carbocycles. The van der Waals surface area contributed by atoms with Crippen LogP contribution in [0.2, 0.25) is 0 Å². The Labute approximate surface area is 122 Å². The third kappa shape index (κ3) is 2.10. The molecule has 0 radical (unpaired) electrons. The summed E-state index contributed by atoms with van der Waals surface area (Å²) in [5.41, 5.74) is 4.66. The number of aryl methyl sites for hydroxylation is 2. The highest BCUT2D eigenvalue weighted by molar-refractivity contribution is 5.38. The molecule has 2 heteroatoms. The Bertz CT molecular complexity index is 490. The van der Waals surface area contributed by atoms with Gasteiger partial charge in [0.05, 0.1) is 0 Å². The molecule has 3 aliphatic rings. The molecular weight excluding hydrogens is 244 g/mol. The summed E-state index contributed by atoms with van der Waals surface area (Å²) >= 11 is 0. The Morgan fingerprint density at radius 3 is 2.95 bits per heavy atom. The average molecular weight is 270 g/mol. The molecule has 3 unspecified atom stereocenters. The van der Waals surface area contributed by atoms with E-state index in [0.29, 0.717) is 6.04 Å². The number of rotatable bonds is 2. The zero-order valence-corrected chi connectivity index (χ0v) is 12.6. The van der Waals surface area contributed by atoms with Crippen molar-refractivity contribution in [2.24, 2.45) is 0 Å². The van der Waals surface area contributed by atoms with E-state index in [9.17, 15) is 0 Å². The number of benzene rings is 1. The van der Waals surface area contributed by atoms with Gasteiger partial charge in [0.25, 0.3) is 0 Å². The van der Waals surface area contributed by atoms with Crippen LogP contribution >= 0.6 is 0 Å². The van der Waals surface area contributed by atoms with E-state index in [4.69, 9.17) is 0 Å². The number of hydrogen-bond donors (Lipinski definition) is 1. The standard InChI is InChI=1S/C18H26N2/c1-13-6-7-14-8-9-17(15(14)12-13)20-11-3-5-18(20)16-4-2-10-19-16/h6-7,12,16-19H,2-5,8-11H2,1H3. The van der Waals surface area contributed by atoms with Crippen LogP contribution in [0, 0.1) is 6.92 Å². The minimum Gasteiger partial charge on any atom is -0.312 e. The van der Waals surface area contributed by atoms with Gasteiger partial charge in [0.2, 0.25) is 0 Å². The zero-order chi connectivity index (χ0) is 13.5. The maximum absolute atomic E-state index is 3.75. The first-order valence-corrected chi connectivity index (χ1v) is 8.41. The van der Waals surface area contributed by atoms with Crippen LogP contribution in [0.5, 0.6) is 0 Å². The van der Waals surface area contributed by atoms with E-state index in [0.717, 1.165) is 12.1 Å². The number of nitrogens with zero attached hydrogens (tertiary/aromatic N) is 1. The zero-order valence-electron chi connectivity index (χ0n) is 12.6. The van der Waals surface area contributed by atoms with Crippen LogP contribution in [-0.4, -0.2) is 30.1 Å². The monoisotopic (exact) mass is 270 g/mol. The Morgan fingerprint density at radius 1 is 1.15 bits per heavy atom. The third-order valence-corrected chi connectivity index (χ3v) is 5.65. The fraction of sp³-hybridized carbons (Fsp3) is 0.667. The maximum atomic E-state index is 3.75. The number of fused-ring (bicyclic) bond motifs is 1. The molecule has 0 amide bonds. The van der Waals surface area contributed by atoms with E-state index in [1.54, 1.807) is 11.1 Å². The fourth-order valence-corrected chi connectivity index (χ4v) is 4.72. The van der Waals surface area contributed by atoms with E-state index in [-0.39, 0.29) is 0 Å². The lowest BCUT2D eigenvalue weighted by Gasteiger charge is -2.34. The van der Waals surface area contributed by atoms with Crippen molar-refractivity contribution in [1.29, 1.82) is 0 Å². The smallest absolute Gasteiger partial charge is 0.0357 e. The quantitative estimate of drug-likeness (QED) is 0.888. The lowest BCUT2D eigenvalue weighted by Crippen LogP contribution is -2.45. The summed E-state index contributed by atoms with van der Waals surface area (Å²) < 4.78 is 0. The van der Waals surface area contributed by atoms with Crippen LogP contribution in [0.3, 0.4) is 0 Å². The molecule has 108 valence electrons. The predicted octanol–water partition coefficient (Wildman–Crippen LogP) is 3.20. The van der Waals surface area contributed by atoms with Gasteiger partial charge in [-0.3, -0.25) is 4.90 Å². The van der Waals surface area contributed by atoms with E-state index in [2.05, 4.69) is 35.3 Å². The van der Waals surface area contributed by atoms with Crippen LogP contribution < -0.4 is 5.32 Å². The molecule has 1 N–H and O–H groups in total. The fourth-order valence-electron chi connectivity index (χ4n) is 4.72. The molecule has 1 aromatic rings. The van der Waals surface area contributed by atoms with Crippen LogP contribution in [0.4, 0.5) is 0 Å². The van der Waals surface area contributed by atoms with Crippen LogP contribution in [-0.2, 0) is 6.42 Å². The molecule has 0 aromatic heterocycles. The Hall–Kier alpha value is -0.860. The van der Waals surface area contributed by atoms with Gasteiger partial charge in [-0.15, -0.1) is 0 Å². The molecule has 4 rings (SSSR count). The van der Waals surface area contributed by atoms with Crippen LogP contribution in [0.25, 0.3) is 0 Å². The highest BCUT2D eigenvalue weighted by atomic mass is 15.2. The Kier molecular flexibility index (Phi) is 3.31. The second kappa shape index (κ2) is 5.16. The second-order valence-corrected chi connectivity index (χ2v) is 6.91. The first-order valence-electron chi connectivity index (χ1n) is 8.41. The summed E-state index contributed by atoms with van der Waals surface area (Å²) in [6, 6.07) is 9.33. The minimum atomic E-state index is 0.694. The Morgan fingerprint density at radius 2 is 2.10 bits per heavy atom. The van der Waals surface area contributed by atoms with Crippen molar-refractivity contribution in [3.63, 3.8) is 0 Å². The van der Waals surface area contributed by atoms with Gasteiger partial charge < -0.3 is 5.32 Å². The molecule has 0 spiro atoms. The highest BCUT2D eigenvalue weighted by Gasteiger charge is 2.39. The van der Waals surface area contributed by atoms with E-state index >= 15 is 0 Å². The van der Waals surface area contributed by atoms with Crippen molar-refractivity contribution in [3.8, 4) is 0 Å². The minimum absolute atomic E-state index is 0.694. The summed E-state index contributed by atoms with van der Waals surface area (Å²) in [4.78, 5) is 2.84. The summed E-state index contributed by atoms with van der Waals surface area (Å²) in [7, 11) is 0. The molecule has 2 nitrogen and oxygen atoms in total. The van der Waals surface area contributed by atoms with Crippen molar-refractivity contribution < 1.29 is 0 Å². The van der Waals surface area contributed by atoms with Gasteiger partial charge in [0, 0.05) is 18.1 Å². The van der Waals surface area contributed by atoms with Gasteiger partial charge in [0.1, 0.15) is 0 Å². The van der Waals surface area contributed by atoms with Crippen molar-refractivity contribution in [2.45, 2.75) is 63.6 Å². The third-order valence-electron chi connectivity index (χ3n) is 5.65.